The van der Waals surface area contributed by atoms with E-state index in [0.29, 0.717) is 11.8 Å². The highest BCUT2D eigenvalue weighted by Crippen LogP contribution is 2.25. The minimum atomic E-state index is 0.261. The first-order chi connectivity index (χ1) is 19.3. The van der Waals surface area contributed by atoms with Crippen LogP contribution < -0.4 is 14.0 Å². The number of anilines is 1. The van der Waals surface area contributed by atoms with Gasteiger partial charge in [-0.05, 0) is 36.1 Å². The van der Waals surface area contributed by atoms with Crippen molar-refractivity contribution in [2.75, 3.05) is 18.0 Å². The van der Waals surface area contributed by atoms with E-state index in [1.807, 2.05) is 24.1 Å². The van der Waals surface area contributed by atoms with Gasteiger partial charge in [-0.3, -0.25) is 0 Å². The van der Waals surface area contributed by atoms with Crippen molar-refractivity contribution < 1.29 is 9.13 Å². The maximum atomic E-state index is 4.59. The van der Waals surface area contributed by atoms with E-state index >= 15 is 0 Å². The molecule has 5 aromatic heterocycles. The number of imidazole rings is 1. The lowest BCUT2D eigenvalue weighted by molar-refractivity contribution is -0.704. The Balaban J connectivity index is 1.30. The van der Waals surface area contributed by atoms with Crippen LogP contribution in [0.15, 0.2) is 67.9 Å². The topological polar surface area (TPSA) is 72.4 Å². The molecule has 206 valence electrons. The van der Waals surface area contributed by atoms with Gasteiger partial charge in [0.25, 0.3) is 0 Å². The van der Waals surface area contributed by atoms with Gasteiger partial charge < -0.3 is 9.47 Å². The quantitative estimate of drug-likeness (QED) is 0.265. The molecule has 2 atom stereocenters. The largest absolute Gasteiger partial charge is 0.367 e. The third kappa shape index (κ3) is 5.33. The number of hydrogen-bond donors (Lipinski definition) is 0. The van der Waals surface area contributed by atoms with Gasteiger partial charge in [-0.1, -0.05) is 27.7 Å². The molecule has 0 aromatic carbocycles. The molecule has 0 aliphatic carbocycles. The summed E-state index contributed by atoms with van der Waals surface area (Å²) in [5.74, 6) is 1.04. The van der Waals surface area contributed by atoms with Crippen LogP contribution in [0.2, 0.25) is 0 Å². The second kappa shape index (κ2) is 10.8. The third-order valence-corrected chi connectivity index (χ3v) is 8.10. The Morgan fingerprint density at radius 3 is 2.10 bits per heavy atom. The zero-order valence-corrected chi connectivity index (χ0v) is 24.1. The molecule has 1 aliphatic heterocycles. The standard InChI is InChI=1S/C31H39N9/c1-22(2)26-11-28(39-9-6-10-39)19-37(17-26)16-24(4)27-12-29(40-34-7-8-35-40)20-38(18-27)15-23(3)25-13-30-31(32-14-25)33-21-36(30)5/h7-8,11-14,17-24H,6,9-10,15-16H2,1-5H3/q+2/t23-,24-/m0/s1. The summed E-state index contributed by atoms with van der Waals surface area (Å²) in [7, 11) is 2.01. The van der Waals surface area contributed by atoms with Crippen molar-refractivity contribution in [3.05, 3.63) is 84.6 Å². The van der Waals surface area contributed by atoms with Crippen molar-refractivity contribution in [1.82, 2.24) is 29.5 Å². The minimum absolute atomic E-state index is 0.261. The molecule has 9 heteroatoms. The SMILES string of the molecule is CC(C)c1cc(N2CCC2)c[n+](C[C@H](C)c2cc(-n3nccn3)c[n+](C[C@H](C)c3cnc4ncn(C)c4c3)c2)c1. The Morgan fingerprint density at radius 2 is 1.43 bits per heavy atom. The number of rotatable bonds is 9. The summed E-state index contributed by atoms with van der Waals surface area (Å²) >= 11 is 0. The van der Waals surface area contributed by atoms with Gasteiger partial charge in [0.05, 0.1) is 24.2 Å². The third-order valence-electron chi connectivity index (χ3n) is 8.10. The smallest absolute Gasteiger partial charge is 0.196 e. The van der Waals surface area contributed by atoms with Crippen molar-refractivity contribution in [1.29, 1.82) is 0 Å². The van der Waals surface area contributed by atoms with Crippen molar-refractivity contribution in [3.8, 4) is 5.69 Å². The average Bonchev–Trinajstić information content (AvgIpc) is 3.57. The predicted molar refractivity (Wildman–Crippen MR) is 154 cm³/mol. The lowest BCUT2D eigenvalue weighted by Crippen LogP contribution is -2.42. The van der Waals surface area contributed by atoms with Crippen molar-refractivity contribution in [2.24, 2.45) is 7.05 Å². The van der Waals surface area contributed by atoms with E-state index in [4.69, 9.17) is 0 Å². The molecule has 6 heterocycles. The first-order valence-corrected chi connectivity index (χ1v) is 14.3. The van der Waals surface area contributed by atoms with Crippen molar-refractivity contribution in [2.45, 2.75) is 65.0 Å². The Kier molecular flexibility index (Phi) is 7.04. The molecular formula is C31H39N9+2. The molecule has 0 N–H and O–H groups in total. The summed E-state index contributed by atoms with van der Waals surface area (Å²) in [6, 6.07) is 6.79. The summed E-state index contributed by atoms with van der Waals surface area (Å²) in [5.41, 5.74) is 7.97. The molecule has 0 radical (unpaired) electrons. The highest BCUT2D eigenvalue weighted by atomic mass is 15.5. The Bertz CT molecular complexity index is 1620. The van der Waals surface area contributed by atoms with E-state index in [2.05, 4.69) is 105 Å². The van der Waals surface area contributed by atoms with Gasteiger partial charge in [-0.25, -0.2) is 19.1 Å². The molecule has 9 nitrogen and oxygen atoms in total. The van der Waals surface area contributed by atoms with Gasteiger partial charge in [0.1, 0.15) is 11.4 Å². The highest BCUT2D eigenvalue weighted by Gasteiger charge is 2.24. The number of aryl methyl sites for hydroxylation is 1. The number of pyridine rings is 3. The highest BCUT2D eigenvalue weighted by molar-refractivity contribution is 5.71. The molecule has 0 amide bonds. The minimum Gasteiger partial charge on any atom is -0.367 e. The second-order valence-electron chi connectivity index (χ2n) is 11.6. The molecule has 1 saturated heterocycles. The summed E-state index contributed by atoms with van der Waals surface area (Å²) in [6.45, 7) is 13.1. The molecule has 0 saturated carbocycles. The lowest BCUT2D eigenvalue weighted by Gasteiger charge is -2.32. The van der Waals surface area contributed by atoms with Gasteiger partial charge in [-0.15, -0.1) is 4.80 Å². The van der Waals surface area contributed by atoms with Crippen LogP contribution >= 0.6 is 0 Å². The molecule has 1 aliphatic rings. The van der Waals surface area contributed by atoms with Gasteiger partial charge in [0.2, 0.25) is 0 Å². The Hall–Kier alpha value is -4.14. The van der Waals surface area contributed by atoms with Crippen LogP contribution in [0.1, 0.15) is 68.6 Å². The zero-order valence-electron chi connectivity index (χ0n) is 24.1. The molecular weight excluding hydrogens is 498 g/mol. The van der Waals surface area contributed by atoms with Crippen LogP contribution in [-0.2, 0) is 20.1 Å². The maximum Gasteiger partial charge on any atom is 0.196 e. The Morgan fingerprint density at radius 1 is 0.775 bits per heavy atom. The van der Waals surface area contributed by atoms with Gasteiger partial charge in [0.15, 0.2) is 43.5 Å². The van der Waals surface area contributed by atoms with Gasteiger partial charge in [0, 0.05) is 49.3 Å². The first kappa shape index (κ1) is 26.1. The normalized spacial score (nSPS) is 15.0. The van der Waals surface area contributed by atoms with Crippen LogP contribution in [0, 0.1) is 0 Å². The van der Waals surface area contributed by atoms with Crippen LogP contribution in [0.4, 0.5) is 5.69 Å². The zero-order chi connectivity index (χ0) is 27.8. The van der Waals surface area contributed by atoms with Crippen LogP contribution in [-0.4, -0.2) is 42.6 Å². The fraction of sp³-hybridized carbons (Fsp3) is 0.419. The summed E-state index contributed by atoms with van der Waals surface area (Å²) < 4.78 is 6.69. The Labute approximate surface area is 235 Å². The maximum absolute atomic E-state index is 4.59. The van der Waals surface area contributed by atoms with E-state index in [0.717, 1.165) is 43.0 Å². The van der Waals surface area contributed by atoms with Crippen molar-refractivity contribution >= 4 is 16.9 Å². The molecule has 0 spiro atoms. The van der Waals surface area contributed by atoms with Crippen LogP contribution in [0.25, 0.3) is 16.9 Å². The molecule has 1 fully saturated rings. The fourth-order valence-corrected chi connectivity index (χ4v) is 5.43. The van der Waals surface area contributed by atoms with Crippen LogP contribution in [0.5, 0.6) is 0 Å². The number of aromatic nitrogens is 8. The summed E-state index contributed by atoms with van der Waals surface area (Å²) in [4.78, 5) is 13.1. The number of nitrogens with zero attached hydrogens (tertiary/aromatic N) is 9. The summed E-state index contributed by atoms with van der Waals surface area (Å²) in [5, 5.41) is 8.85. The summed E-state index contributed by atoms with van der Waals surface area (Å²) in [6.07, 6.45) is 17.6. The first-order valence-electron chi connectivity index (χ1n) is 14.3. The monoisotopic (exact) mass is 537 g/mol. The molecule has 5 aromatic rings. The molecule has 40 heavy (non-hydrogen) atoms. The van der Waals surface area contributed by atoms with Gasteiger partial charge in [-0.2, -0.15) is 10.2 Å². The van der Waals surface area contributed by atoms with E-state index in [-0.39, 0.29) is 5.92 Å². The lowest BCUT2D eigenvalue weighted by atomic mass is 10.00. The van der Waals surface area contributed by atoms with Gasteiger partial charge >= 0.3 is 0 Å². The number of hydrogen-bond acceptors (Lipinski definition) is 5. The number of fused-ring (bicyclic) bond motifs is 1. The van der Waals surface area contributed by atoms with Crippen LogP contribution in [0.3, 0.4) is 0 Å². The van der Waals surface area contributed by atoms with E-state index in [1.54, 1.807) is 17.2 Å². The van der Waals surface area contributed by atoms with E-state index in [1.165, 1.54) is 28.8 Å². The average molecular weight is 538 g/mol. The van der Waals surface area contributed by atoms with Crippen molar-refractivity contribution in [3.63, 3.8) is 0 Å². The molecule has 6 rings (SSSR count). The second-order valence-corrected chi connectivity index (χ2v) is 11.6. The van der Waals surface area contributed by atoms with E-state index in [9.17, 15) is 0 Å². The molecule has 0 bridgehead atoms. The molecule has 0 unspecified atom stereocenters. The van der Waals surface area contributed by atoms with E-state index < -0.39 is 0 Å². The fourth-order valence-electron chi connectivity index (χ4n) is 5.43. The predicted octanol–water partition coefficient (Wildman–Crippen LogP) is 4.06.